The van der Waals surface area contributed by atoms with Gasteiger partial charge in [0, 0.05) is 32.0 Å². The number of amides is 2. The Morgan fingerprint density at radius 3 is 2.58 bits per heavy atom. The summed E-state index contributed by atoms with van der Waals surface area (Å²) < 4.78 is 39.2. The zero-order valence-electron chi connectivity index (χ0n) is 17.7. The third-order valence-electron chi connectivity index (χ3n) is 6.37. The summed E-state index contributed by atoms with van der Waals surface area (Å²) in [6.07, 6.45) is -1.85. The van der Waals surface area contributed by atoms with Gasteiger partial charge in [-0.2, -0.15) is 13.2 Å². The molecule has 0 radical (unpaired) electrons. The second-order valence-electron chi connectivity index (χ2n) is 8.54. The van der Waals surface area contributed by atoms with E-state index in [1.807, 2.05) is 11.0 Å². The molecule has 2 aromatic rings. The van der Waals surface area contributed by atoms with Gasteiger partial charge in [-0.3, -0.25) is 9.59 Å². The monoisotopic (exact) mass is 498 g/mol. The largest absolute Gasteiger partial charge is 0.416 e. The van der Waals surface area contributed by atoms with E-state index in [-0.39, 0.29) is 43.3 Å². The molecular formula is C24H23Cl2F3N2O2. The minimum absolute atomic E-state index is 0.0525. The minimum atomic E-state index is -4.45. The smallest absolute Gasteiger partial charge is 0.336 e. The number of benzene rings is 2. The third-order valence-corrected chi connectivity index (χ3v) is 7.11. The fourth-order valence-corrected chi connectivity index (χ4v) is 5.02. The lowest BCUT2D eigenvalue weighted by Gasteiger charge is -2.30. The van der Waals surface area contributed by atoms with E-state index in [0.717, 1.165) is 30.5 Å². The topological polar surface area (TPSA) is 40.6 Å². The second-order valence-corrected chi connectivity index (χ2v) is 9.35. The van der Waals surface area contributed by atoms with Gasteiger partial charge in [0.15, 0.2) is 0 Å². The molecule has 2 unspecified atom stereocenters. The van der Waals surface area contributed by atoms with Gasteiger partial charge in [0.1, 0.15) is 0 Å². The summed E-state index contributed by atoms with van der Waals surface area (Å²) in [6, 6.07) is 9.88. The first-order valence-electron chi connectivity index (χ1n) is 10.8. The Morgan fingerprint density at radius 2 is 1.85 bits per heavy atom. The highest BCUT2D eigenvalue weighted by Gasteiger charge is 2.37. The molecule has 0 bridgehead atoms. The van der Waals surface area contributed by atoms with E-state index in [2.05, 4.69) is 0 Å². The van der Waals surface area contributed by atoms with Crippen LogP contribution in [0.4, 0.5) is 13.2 Å². The maximum absolute atomic E-state index is 13.2. The van der Waals surface area contributed by atoms with Crippen LogP contribution in [0.3, 0.4) is 0 Å². The van der Waals surface area contributed by atoms with E-state index in [9.17, 15) is 22.8 Å². The molecular weight excluding hydrogens is 476 g/mol. The molecule has 0 spiro atoms. The van der Waals surface area contributed by atoms with Gasteiger partial charge in [-0.1, -0.05) is 41.4 Å². The fraction of sp³-hybridized carbons (Fsp3) is 0.417. The Balaban J connectivity index is 1.46. The first-order chi connectivity index (χ1) is 15.6. The van der Waals surface area contributed by atoms with Gasteiger partial charge in [0.2, 0.25) is 11.8 Å². The highest BCUT2D eigenvalue weighted by atomic mass is 35.5. The van der Waals surface area contributed by atoms with Gasteiger partial charge in [-0.05, 0) is 54.7 Å². The quantitative estimate of drug-likeness (QED) is 0.488. The van der Waals surface area contributed by atoms with Crippen molar-refractivity contribution >= 4 is 35.0 Å². The molecule has 2 aromatic carbocycles. The molecule has 0 N–H and O–H groups in total. The van der Waals surface area contributed by atoms with Crippen molar-refractivity contribution in [3.63, 3.8) is 0 Å². The number of alkyl halides is 3. The van der Waals surface area contributed by atoms with Crippen molar-refractivity contribution < 1.29 is 22.8 Å². The first kappa shape index (κ1) is 23.9. The van der Waals surface area contributed by atoms with E-state index in [1.165, 1.54) is 11.0 Å². The van der Waals surface area contributed by atoms with Crippen LogP contribution in [0, 0.1) is 0 Å². The summed E-state index contributed by atoms with van der Waals surface area (Å²) in [5, 5.41) is 0.883. The van der Waals surface area contributed by atoms with Crippen molar-refractivity contribution in [3.05, 3.63) is 69.2 Å². The predicted molar refractivity (Wildman–Crippen MR) is 120 cm³/mol. The molecule has 2 atom stereocenters. The van der Waals surface area contributed by atoms with Crippen LogP contribution >= 0.6 is 23.2 Å². The maximum atomic E-state index is 13.2. The number of carbonyl (C=O) groups excluding carboxylic acids is 2. The standard InChI is InChI=1S/C24H23Cl2F3N2O2/c25-19-8-6-16(12-20(19)26)21-5-2-10-30(21)23(33)13-18-7-9-22(32)31(18)14-15-3-1-4-17(11-15)24(27,28)29/h1,3-4,6,8,11-12,18,21H,2,5,7,9-10,13-14H2. The third kappa shape index (κ3) is 5.30. The van der Waals surface area contributed by atoms with Crippen LogP contribution in [-0.2, 0) is 22.3 Å². The van der Waals surface area contributed by atoms with Gasteiger partial charge in [-0.15, -0.1) is 0 Å². The lowest BCUT2D eigenvalue weighted by atomic mass is 10.0. The summed E-state index contributed by atoms with van der Waals surface area (Å²) in [7, 11) is 0. The number of hydrogen-bond acceptors (Lipinski definition) is 2. The highest BCUT2D eigenvalue weighted by Crippen LogP contribution is 2.36. The Labute approximate surface area is 200 Å². The average Bonchev–Trinajstić information content (AvgIpc) is 3.38. The summed E-state index contributed by atoms with van der Waals surface area (Å²) >= 11 is 12.2. The molecule has 2 saturated heterocycles. The number of carbonyl (C=O) groups is 2. The molecule has 4 nitrogen and oxygen atoms in total. The van der Waals surface area contributed by atoms with Gasteiger partial charge in [-0.25, -0.2) is 0 Å². The summed E-state index contributed by atoms with van der Waals surface area (Å²) in [5.41, 5.74) is 0.562. The second kappa shape index (κ2) is 9.55. The van der Waals surface area contributed by atoms with Crippen LogP contribution in [-0.4, -0.2) is 34.2 Å². The molecule has 2 fully saturated rings. The van der Waals surface area contributed by atoms with Crippen molar-refractivity contribution in [2.24, 2.45) is 0 Å². The van der Waals surface area contributed by atoms with Crippen LogP contribution in [0.15, 0.2) is 42.5 Å². The molecule has 2 aliphatic rings. The lowest BCUT2D eigenvalue weighted by Crippen LogP contribution is -2.38. The van der Waals surface area contributed by atoms with Crippen molar-refractivity contribution in [2.45, 2.75) is 56.9 Å². The van der Waals surface area contributed by atoms with E-state index >= 15 is 0 Å². The molecule has 0 aromatic heterocycles. The molecule has 2 heterocycles. The molecule has 9 heteroatoms. The average molecular weight is 499 g/mol. The van der Waals surface area contributed by atoms with Crippen LogP contribution in [0.5, 0.6) is 0 Å². The molecule has 2 aliphatic heterocycles. The van der Waals surface area contributed by atoms with E-state index in [1.54, 1.807) is 18.2 Å². The van der Waals surface area contributed by atoms with Crippen LogP contribution in [0.2, 0.25) is 10.0 Å². The lowest BCUT2D eigenvalue weighted by molar-refractivity contribution is -0.137. The van der Waals surface area contributed by atoms with Crippen LogP contribution in [0.1, 0.15) is 54.8 Å². The van der Waals surface area contributed by atoms with Crippen molar-refractivity contribution in [1.82, 2.24) is 9.80 Å². The van der Waals surface area contributed by atoms with Gasteiger partial charge in [0.25, 0.3) is 0 Å². The van der Waals surface area contributed by atoms with Gasteiger partial charge >= 0.3 is 6.18 Å². The predicted octanol–water partition coefficient (Wildman–Crippen LogP) is 6.26. The normalized spacial score (nSPS) is 21.2. The Hall–Kier alpha value is -2.25. The molecule has 0 aliphatic carbocycles. The van der Waals surface area contributed by atoms with Crippen molar-refractivity contribution in [3.8, 4) is 0 Å². The molecule has 2 amide bonds. The zero-order chi connectivity index (χ0) is 23.8. The van der Waals surface area contributed by atoms with Crippen molar-refractivity contribution in [2.75, 3.05) is 6.54 Å². The summed E-state index contributed by atoms with van der Waals surface area (Å²) in [5.74, 6) is -0.218. The summed E-state index contributed by atoms with van der Waals surface area (Å²) in [6.45, 7) is 0.662. The van der Waals surface area contributed by atoms with E-state index < -0.39 is 11.7 Å². The number of hydrogen-bond donors (Lipinski definition) is 0. The van der Waals surface area contributed by atoms with Crippen LogP contribution < -0.4 is 0 Å². The number of nitrogens with zero attached hydrogens (tertiary/aromatic N) is 2. The van der Waals surface area contributed by atoms with E-state index in [4.69, 9.17) is 23.2 Å². The van der Waals surface area contributed by atoms with Crippen LogP contribution in [0.25, 0.3) is 0 Å². The number of rotatable bonds is 5. The highest BCUT2D eigenvalue weighted by molar-refractivity contribution is 6.42. The molecule has 4 rings (SSSR count). The fourth-order valence-electron chi connectivity index (χ4n) is 4.72. The molecule has 33 heavy (non-hydrogen) atoms. The molecule has 0 saturated carbocycles. The Morgan fingerprint density at radius 1 is 1.06 bits per heavy atom. The SMILES string of the molecule is O=C1CCC(CC(=O)N2CCCC2c2ccc(Cl)c(Cl)c2)N1Cc1cccc(C(F)(F)F)c1. The molecule has 176 valence electrons. The van der Waals surface area contributed by atoms with Gasteiger partial charge < -0.3 is 9.80 Å². The first-order valence-corrected chi connectivity index (χ1v) is 11.6. The Kier molecular flexibility index (Phi) is 6.91. The number of likely N-dealkylation sites (tertiary alicyclic amines) is 2. The van der Waals surface area contributed by atoms with Crippen molar-refractivity contribution in [1.29, 1.82) is 0 Å². The van der Waals surface area contributed by atoms with Gasteiger partial charge in [0.05, 0.1) is 21.7 Å². The minimum Gasteiger partial charge on any atom is -0.336 e. The Bertz CT molecular complexity index is 1060. The maximum Gasteiger partial charge on any atom is 0.416 e. The zero-order valence-corrected chi connectivity index (χ0v) is 19.3. The van der Waals surface area contributed by atoms with E-state index in [0.29, 0.717) is 28.6 Å². The summed E-state index contributed by atoms with van der Waals surface area (Å²) in [4.78, 5) is 29.0. The number of halogens is 5.